The summed E-state index contributed by atoms with van der Waals surface area (Å²) in [7, 11) is 0. The number of aromatic carboxylic acids is 1. The fourth-order valence-electron chi connectivity index (χ4n) is 2.07. The van der Waals surface area contributed by atoms with Gasteiger partial charge in [-0.25, -0.2) is 4.79 Å². The van der Waals surface area contributed by atoms with Crippen molar-refractivity contribution in [3.63, 3.8) is 0 Å². The van der Waals surface area contributed by atoms with Crippen LogP contribution in [0.3, 0.4) is 0 Å². The van der Waals surface area contributed by atoms with Crippen molar-refractivity contribution in [1.82, 2.24) is 0 Å². The molecule has 0 aliphatic rings. The van der Waals surface area contributed by atoms with Crippen molar-refractivity contribution in [2.24, 2.45) is 0 Å². The minimum atomic E-state index is -0.946. The van der Waals surface area contributed by atoms with Gasteiger partial charge in [0.1, 0.15) is 11.5 Å². The molecule has 1 N–H and O–H groups in total. The van der Waals surface area contributed by atoms with E-state index < -0.39 is 5.97 Å². The normalized spacial score (nSPS) is 10.4. The molecule has 104 valence electrons. The molecule has 2 aromatic carbocycles. The van der Waals surface area contributed by atoms with Gasteiger partial charge in [0, 0.05) is 5.02 Å². The van der Waals surface area contributed by atoms with Crippen LogP contribution in [0.4, 0.5) is 0 Å². The van der Waals surface area contributed by atoms with Crippen LogP contribution in [-0.2, 0) is 0 Å². The number of benzene rings is 2. The minimum absolute atomic E-state index is 0.249. The molecule has 0 atom stereocenters. The Bertz CT molecular complexity index is 654. The molecular formula is C16H15ClO3. The van der Waals surface area contributed by atoms with Crippen molar-refractivity contribution in [3.05, 3.63) is 57.6 Å². The van der Waals surface area contributed by atoms with Crippen LogP contribution >= 0.6 is 11.6 Å². The van der Waals surface area contributed by atoms with E-state index in [0.717, 1.165) is 22.4 Å². The topological polar surface area (TPSA) is 46.5 Å². The second kappa shape index (κ2) is 5.55. The zero-order valence-corrected chi connectivity index (χ0v) is 12.3. The predicted octanol–water partition coefficient (Wildman–Crippen LogP) is 4.76. The Kier molecular flexibility index (Phi) is 4.00. The number of aryl methyl sites for hydroxylation is 3. The van der Waals surface area contributed by atoms with Gasteiger partial charge in [-0.15, -0.1) is 0 Å². The molecule has 0 amide bonds. The van der Waals surface area contributed by atoms with E-state index in [4.69, 9.17) is 21.4 Å². The van der Waals surface area contributed by atoms with Crippen LogP contribution in [0.25, 0.3) is 0 Å². The third-order valence-corrected chi connectivity index (χ3v) is 3.28. The monoisotopic (exact) mass is 290 g/mol. The van der Waals surface area contributed by atoms with Gasteiger partial charge in [0.2, 0.25) is 0 Å². The van der Waals surface area contributed by atoms with Crippen LogP contribution in [0.15, 0.2) is 30.3 Å². The lowest BCUT2D eigenvalue weighted by atomic mass is 10.1. The Balaban J connectivity index is 2.38. The third kappa shape index (κ3) is 2.94. The maximum Gasteiger partial charge on any atom is 0.335 e. The number of hydrogen-bond acceptors (Lipinski definition) is 2. The lowest BCUT2D eigenvalue weighted by Crippen LogP contribution is -1.98. The second-order valence-corrected chi connectivity index (χ2v) is 5.19. The maximum absolute atomic E-state index is 10.9. The summed E-state index contributed by atoms with van der Waals surface area (Å²) in [6.07, 6.45) is 0. The summed E-state index contributed by atoms with van der Waals surface area (Å²) in [5, 5.41) is 9.62. The fourth-order valence-corrected chi connectivity index (χ4v) is 2.39. The van der Waals surface area contributed by atoms with E-state index in [9.17, 15) is 4.79 Å². The highest BCUT2D eigenvalue weighted by Gasteiger charge is 2.11. The molecule has 0 radical (unpaired) electrons. The molecule has 0 aliphatic carbocycles. The van der Waals surface area contributed by atoms with Crippen LogP contribution in [-0.4, -0.2) is 11.1 Å². The lowest BCUT2D eigenvalue weighted by Gasteiger charge is -2.14. The van der Waals surface area contributed by atoms with Gasteiger partial charge in [-0.05, 0) is 67.8 Å². The first-order valence-corrected chi connectivity index (χ1v) is 6.55. The summed E-state index contributed by atoms with van der Waals surface area (Å²) in [5.74, 6) is 0.447. The summed E-state index contributed by atoms with van der Waals surface area (Å²) in [5.41, 5.74) is 2.91. The van der Waals surface area contributed by atoms with Gasteiger partial charge in [0.05, 0.1) is 5.56 Å². The molecule has 0 aromatic heterocycles. The first-order chi connectivity index (χ1) is 9.38. The van der Waals surface area contributed by atoms with Crippen molar-refractivity contribution in [2.75, 3.05) is 0 Å². The molecule has 2 aromatic rings. The lowest BCUT2D eigenvalue weighted by molar-refractivity contribution is 0.0697. The highest BCUT2D eigenvalue weighted by atomic mass is 35.5. The Morgan fingerprint density at radius 1 is 1.05 bits per heavy atom. The van der Waals surface area contributed by atoms with E-state index in [-0.39, 0.29) is 5.56 Å². The molecule has 20 heavy (non-hydrogen) atoms. The van der Waals surface area contributed by atoms with Crippen molar-refractivity contribution < 1.29 is 14.6 Å². The summed E-state index contributed by atoms with van der Waals surface area (Å²) >= 11 is 5.99. The van der Waals surface area contributed by atoms with Gasteiger partial charge < -0.3 is 9.84 Å². The zero-order valence-electron chi connectivity index (χ0n) is 11.5. The van der Waals surface area contributed by atoms with Crippen molar-refractivity contribution in [2.45, 2.75) is 20.8 Å². The Morgan fingerprint density at radius 2 is 1.65 bits per heavy atom. The van der Waals surface area contributed by atoms with Gasteiger partial charge in [-0.2, -0.15) is 0 Å². The molecule has 0 saturated heterocycles. The number of halogens is 1. The van der Waals surface area contributed by atoms with Crippen molar-refractivity contribution in [1.29, 1.82) is 0 Å². The van der Waals surface area contributed by atoms with E-state index >= 15 is 0 Å². The molecule has 0 spiro atoms. The molecule has 0 saturated carbocycles. The minimum Gasteiger partial charge on any atom is -0.478 e. The maximum atomic E-state index is 10.9. The van der Waals surface area contributed by atoms with Crippen LogP contribution in [0, 0.1) is 20.8 Å². The van der Waals surface area contributed by atoms with Crippen LogP contribution in [0.1, 0.15) is 27.0 Å². The Labute approximate surface area is 122 Å². The second-order valence-electron chi connectivity index (χ2n) is 4.76. The quantitative estimate of drug-likeness (QED) is 0.887. The summed E-state index contributed by atoms with van der Waals surface area (Å²) < 4.78 is 5.91. The van der Waals surface area contributed by atoms with Gasteiger partial charge in [-0.1, -0.05) is 11.6 Å². The van der Waals surface area contributed by atoms with E-state index in [1.807, 2.05) is 32.9 Å². The first kappa shape index (κ1) is 14.4. The fraction of sp³-hybridized carbons (Fsp3) is 0.188. The van der Waals surface area contributed by atoms with E-state index in [1.165, 1.54) is 6.07 Å². The average Bonchev–Trinajstić information content (AvgIpc) is 2.34. The van der Waals surface area contributed by atoms with E-state index in [1.54, 1.807) is 12.1 Å². The molecule has 0 unspecified atom stereocenters. The van der Waals surface area contributed by atoms with Crippen LogP contribution < -0.4 is 4.74 Å². The predicted molar refractivity (Wildman–Crippen MR) is 79.1 cm³/mol. The van der Waals surface area contributed by atoms with Gasteiger partial charge >= 0.3 is 5.97 Å². The third-order valence-electron chi connectivity index (χ3n) is 3.06. The zero-order chi connectivity index (χ0) is 14.9. The van der Waals surface area contributed by atoms with E-state index in [2.05, 4.69) is 0 Å². The van der Waals surface area contributed by atoms with Gasteiger partial charge in [0.15, 0.2) is 0 Å². The van der Waals surface area contributed by atoms with Gasteiger partial charge in [0.25, 0.3) is 0 Å². The van der Waals surface area contributed by atoms with E-state index in [0.29, 0.717) is 10.8 Å². The van der Waals surface area contributed by atoms with Gasteiger partial charge in [-0.3, -0.25) is 0 Å². The standard InChI is InChI=1S/C16H15ClO3/c1-9-6-12(16(18)19)4-5-14(9)20-15-10(2)7-13(17)8-11(15)3/h4-8H,1-3H3,(H,18,19). The van der Waals surface area contributed by atoms with Crippen molar-refractivity contribution in [3.8, 4) is 11.5 Å². The Morgan fingerprint density at radius 3 is 2.15 bits per heavy atom. The summed E-state index contributed by atoms with van der Waals surface area (Å²) in [4.78, 5) is 10.9. The summed E-state index contributed by atoms with van der Waals surface area (Å²) in [6, 6.07) is 8.48. The first-order valence-electron chi connectivity index (χ1n) is 6.17. The number of hydrogen-bond donors (Lipinski definition) is 1. The number of carbonyl (C=O) groups is 1. The van der Waals surface area contributed by atoms with Crippen LogP contribution in [0.2, 0.25) is 5.02 Å². The number of ether oxygens (including phenoxy) is 1. The molecule has 0 bridgehead atoms. The smallest absolute Gasteiger partial charge is 0.335 e. The molecule has 2 rings (SSSR count). The SMILES string of the molecule is Cc1cc(C(=O)O)ccc1Oc1c(C)cc(Cl)cc1C. The number of carboxylic acid groups (broad SMARTS) is 1. The average molecular weight is 291 g/mol. The molecule has 0 fully saturated rings. The molecule has 0 heterocycles. The molecule has 0 aliphatic heterocycles. The van der Waals surface area contributed by atoms with Crippen LogP contribution in [0.5, 0.6) is 11.5 Å². The number of rotatable bonds is 3. The highest BCUT2D eigenvalue weighted by Crippen LogP contribution is 2.33. The summed E-state index contributed by atoms with van der Waals surface area (Å²) in [6.45, 7) is 5.67. The number of carboxylic acids is 1. The molecular weight excluding hydrogens is 276 g/mol. The Hall–Kier alpha value is -2.00. The largest absolute Gasteiger partial charge is 0.478 e. The molecule has 4 heteroatoms. The van der Waals surface area contributed by atoms with Crippen molar-refractivity contribution >= 4 is 17.6 Å². The molecule has 3 nitrogen and oxygen atoms in total. The highest BCUT2D eigenvalue weighted by molar-refractivity contribution is 6.30.